The average Bonchev–Trinajstić information content (AvgIpc) is 2.24. The first-order valence-electron chi connectivity index (χ1n) is 4.84. The van der Waals surface area contributed by atoms with Crippen LogP contribution in [-0.4, -0.2) is 16.8 Å². The van der Waals surface area contributed by atoms with Crippen molar-refractivity contribution in [2.45, 2.75) is 19.9 Å². The van der Waals surface area contributed by atoms with Gasteiger partial charge >= 0.3 is 0 Å². The maximum Gasteiger partial charge on any atom is 0.165 e. The quantitative estimate of drug-likeness (QED) is 0.786. The summed E-state index contributed by atoms with van der Waals surface area (Å²) in [5.41, 5.74) is 4.57. The average molecular weight is 268 g/mol. The van der Waals surface area contributed by atoms with Gasteiger partial charge in [0.25, 0.3) is 0 Å². The number of aliphatic hydroxyl groups excluding tert-OH is 1. The van der Waals surface area contributed by atoms with Gasteiger partial charge in [0, 0.05) is 23.6 Å². The van der Waals surface area contributed by atoms with E-state index in [9.17, 15) is 13.9 Å². The van der Waals surface area contributed by atoms with Gasteiger partial charge < -0.3 is 15.9 Å². The summed E-state index contributed by atoms with van der Waals surface area (Å²) in [6.45, 7) is 2.90. The highest BCUT2D eigenvalue weighted by Gasteiger charge is 2.32. The van der Waals surface area contributed by atoms with E-state index in [0.29, 0.717) is 0 Å². The van der Waals surface area contributed by atoms with Crippen LogP contribution in [0, 0.1) is 17.0 Å². The molecule has 3 nitrogen and oxygen atoms in total. The molecule has 0 saturated heterocycles. The van der Waals surface area contributed by atoms with Crippen molar-refractivity contribution in [3.63, 3.8) is 0 Å². The number of benzene rings is 1. The van der Waals surface area contributed by atoms with E-state index in [0.717, 1.165) is 12.1 Å². The Balaban J connectivity index is 0.00000256. The topological polar surface area (TPSA) is 66.5 Å². The molecule has 6 heteroatoms. The van der Waals surface area contributed by atoms with E-state index in [1.54, 1.807) is 13.8 Å². The summed E-state index contributed by atoms with van der Waals surface area (Å²) in [7, 11) is 0. The summed E-state index contributed by atoms with van der Waals surface area (Å²) >= 11 is 0. The van der Waals surface area contributed by atoms with Gasteiger partial charge in [0.05, 0.1) is 0 Å². The second kappa shape index (κ2) is 5.62. The third-order valence-corrected chi connectivity index (χ3v) is 2.68. The molecule has 1 aromatic rings. The molecule has 0 heterocycles. The lowest BCUT2D eigenvalue weighted by molar-refractivity contribution is 0.129. The first-order valence-corrected chi connectivity index (χ1v) is 4.84. The SMILES string of the molecule is CC(C)(CO)[C@@H](N)c1c(F)ccc(F)c1O.Cl. The molecule has 98 valence electrons. The van der Waals surface area contributed by atoms with E-state index in [1.807, 2.05) is 0 Å². The van der Waals surface area contributed by atoms with Gasteiger partial charge in [-0.1, -0.05) is 13.8 Å². The van der Waals surface area contributed by atoms with Crippen LogP contribution in [0.15, 0.2) is 12.1 Å². The molecule has 1 atom stereocenters. The fourth-order valence-electron chi connectivity index (χ4n) is 1.34. The minimum Gasteiger partial charge on any atom is -0.505 e. The van der Waals surface area contributed by atoms with Crippen molar-refractivity contribution in [3.05, 3.63) is 29.3 Å². The van der Waals surface area contributed by atoms with E-state index >= 15 is 0 Å². The molecule has 0 saturated carbocycles. The molecule has 0 aliphatic rings. The van der Waals surface area contributed by atoms with E-state index < -0.39 is 28.8 Å². The Morgan fingerprint density at radius 2 is 1.76 bits per heavy atom. The monoisotopic (exact) mass is 267 g/mol. The Hall–Kier alpha value is -0.910. The maximum atomic E-state index is 13.5. The fourth-order valence-corrected chi connectivity index (χ4v) is 1.34. The third-order valence-electron chi connectivity index (χ3n) is 2.68. The van der Waals surface area contributed by atoms with Crippen molar-refractivity contribution in [1.29, 1.82) is 0 Å². The Kier molecular flexibility index (Phi) is 5.32. The van der Waals surface area contributed by atoms with Crippen LogP contribution in [-0.2, 0) is 0 Å². The summed E-state index contributed by atoms with van der Waals surface area (Å²) in [6, 6.07) is 0.734. The molecular weight excluding hydrogens is 252 g/mol. The number of aliphatic hydroxyl groups is 1. The van der Waals surface area contributed by atoms with Gasteiger partial charge in [0.1, 0.15) is 5.82 Å². The minimum absolute atomic E-state index is 0. The molecule has 1 aromatic carbocycles. The minimum atomic E-state index is -0.992. The Morgan fingerprint density at radius 1 is 1.29 bits per heavy atom. The van der Waals surface area contributed by atoms with Crippen molar-refractivity contribution in [3.8, 4) is 5.75 Å². The number of nitrogens with two attached hydrogens (primary N) is 1. The van der Waals surface area contributed by atoms with Gasteiger partial charge in [-0.05, 0) is 12.1 Å². The molecule has 1 rings (SSSR count). The van der Waals surface area contributed by atoms with Gasteiger partial charge in [0.15, 0.2) is 11.6 Å². The maximum absolute atomic E-state index is 13.5. The lowest BCUT2D eigenvalue weighted by Crippen LogP contribution is -2.33. The zero-order chi connectivity index (χ0) is 12.5. The molecule has 0 aromatic heterocycles. The van der Waals surface area contributed by atoms with Crippen LogP contribution in [0.3, 0.4) is 0 Å². The Morgan fingerprint density at radius 3 is 2.24 bits per heavy atom. The summed E-state index contributed by atoms with van der Waals surface area (Å²) in [4.78, 5) is 0. The molecule has 0 amide bonds. The van der Waals surface area contributed by atoms with Crippen molar-refractivity contribution < 1.29 is 19.0 Å². The molecule has 0 radical (unpaired) electrons. The number of rotatable bonds is 3. The van der Waals surface area contributed by atoms with Crippen molar-refractivity contribution in [2.24, 2.45) is 11.1 Å². The lowest BCUT2D eigenvalue weighted by Gasteiger charge is -2.30. The van der Waals surface area contributed by atoms with Gasteiger partial charge in [-0.3, -0.25) is 0 Å². The fraction of sp³-hybridized carbons (Fsp3) is 0.455. The largest absolute Gasteiger partial charge is 0.505 e. The highest BCUT2D eigenvalue weighted by molar-refractivity contribution is 5.85. The zero-order valence-electron chi connectivity index (χ0n) is 9.58. The molecule has 4 N–H and O–H groups in total. The molecule has 0 bridgehead atoms. The standard InChI is InChI=1S/C11H15F2NO2.ClH/c1-11(2,5-15)10(14)8-6(12)3-4-7(13)9(8)16;/h3-4,10,15-16H,5,14H2,1-2H3;1H/t10-;/m0./s1. The first-order chi connectivity index (χ1) is 7.31. The molecule has 0 spiro atoms. The molecule has 0 unspecified atom stereocenters. The van der Waals surface area contributed by atoms with E-state index in [2.05, 4.69) is 0 Å². The molecule has 0 aliphatic carbocycles. The van der Waals surface area contributed by atoms with Gasteiger partial charge in [-0.2, -0.15) is 0 Å². The summed E-state index contributed by atoms with van der Waals surface area (Å²) in [6.07, 6.45) is 0. The molecule has 0 aliphatic heterocycles. The van der Waals surface area contributed by atoms with Gasteiger partial charge in [0.2, 0.25) is 0 Å². The normalized spacial score (nSPS) is 13.1. The Labute approximate surface area is 105 Å². The first kappa shape index (κ1) is 16.1. The lowest BCUT2D eigenvalue weighted by atomic mass is 9.81. The van der Waals surface area contributed by atoms with E-state index in [4.69, 9.17) is 10.8 Å². The molecule has 0 fully saturated rings. The van der Waals surface area contributed by atoms with E-state index in [-0.39, 0.29) is 24.6 Å². The predicted molar refractivity (Wildman–Crippen MR) is 63.1 cm³/mol. The van der Waals surface area contributed by atoms with Crippen molar-refractivity contribution >= 4 is 12.4 Å². The summed E-state index contributed by atoms with van der Waals surface area (Å²) in [5, 5.41) is 18.5. The van der Waals surface area contributed by atoms with Crippen LogP contribution in [0.4, 0.5) is 8.78 Å². The number of halogens is 3. The number of hydrogen-bond donors (Lipinski definition) is 3. The summed E-state index contributed by atoms with van der Waals surface area (Å²) < 4.78 is 26.5. The van der Waals surface area contributed by atoms with Crippen molar-refractivity contribution in [1.82, 2.24) is 0 Å². The smallest absolute Gasteiger partial charge is 0.165 e. The number of aromatic hydroxyl groups is 1. The highest BCUT2D eigenvalue weighted by Crippen LogP contribution is 2.37. The van der Waals surface area contributed by atoms with Crippen LogP contribution in [0.25, 0.3) is 0 Å². The second-order valence-corrected chi connectivity index (χ2v) is 4.42. The zero-order valence-corrected chi connectivity index (χ0v) is 10.4. The molecular formula is C11H16ClF2NO2. The van der Waals surface area contributed by atoms with Crippen LogP contribution in [0.5, 0.6) is 5.75 Å². The van der Waals surface area contributed by atoms with E-state index in [1.165, 1.54) is 0 Å². The summed E-state index contributed by atoms with van der Waals surface area (Å²) in [5.74, 6) is -2.51. The van der Waals surface area contributed by atoms with Crippen LogP contribution >= 0.6 is 12.4 Å². The van der Waals surface area contributed by atoms with Crippen LogP contribution in [0.1, 0.15) is 25.5 Å². The highest BCUT2D eigenvalue weighted by atomic mass is 35.5. The number of phenols is 1. The van der Waals surface area contributed by atoms with Gasteiger partial charge in [-0.15, -0.1) is 12.4 Å². The van der Waals surface area contributed by atoms with Crippen molar-refractivity contribution in [2.75, 3.05) is 6.61 Å². The van der Waals surface area contributed by atoms with Crippen LogP contribution < -0.4 is 5.73 Å². The number of phenolic OH excluding ortho intramolecular Hbond substituents is 1. The second-order valence-electron chi connectivity index (χ2n) is 4.42. The third kappa shape index (κ3) is 3.06. The molecule has 17 heavy (non-hydrogen) atoms. The van der Waals surface area contributed by atoms with Gasteiger partial charge in [-0.25, -0.2) is 8.78 Å². The number of hydrogen-bond acceptors (Lipinski definition) is 3. The van der Waals surface area contributed by atoms with Crippen LogP contribution in [0.2, 0.25) is 0 Å². The Bertz CT molecular complexity index is 399. The predicted octanol–water partition coefficient (Wildman–Crippen LogP) is 2.11.